The average Bonchev–Trinajstić information content (AvgIpc) is 1.92. The van der Waals surface area contributed by atoms with Crippen LogP contribution in [0.25, 0.3) is 0 Å². The third-order valence-electron chi connectivity index (χ3n) is 1.10. The van der Waals surface area contributed by atoms with Gasteiger partial charge in [0, 0.05) is 0 Å². The summed E-state index contributed by atoms with van der Waals surface area (Å²) in [6.07, 6.45) is 0. The van der Waals surface area contributed by atoms with Crippen LogP contribution in [-0.4, -0.2) is 17.2 Å². The first kappa shape index (κ1) is 14.2. The van der Waals surface area contributed by atoms with E-state index in [0.717, 1.165) is 0 Å². The summed E-state index contributed by atoms with van der Waals surface area (Å²) in [5.74, 6) is 0. The normalized spacial score (nSPS) is 10.8. The van der Waals surface area contributed by atoms with E-state index < -0.39 is 17.6 Å². The molecule has 1 aromatic heterocycles. The maximum atomic E-state index is 12.1. The van der Waals surface area contributed by atoms with E-state index in [2.05, 4.69) is 10.2 Å². The number of halogens is 5. The molecule has 2 nitrogen and oxygen atoms in total. The summed E-state index contributed by atoms with van der Waals surface area (Å²) in [6.45, 7) is -5.17. The molecule has 0 saturated heterocycles. The number of hydrogen-bond donors (Lipinski definition) is 0. The molecule has 0 aliphatic carbocycles. The fourth-order valence-corrected chi connectivity index (χ4v) is 0.967. The minimum Gasteiger partial charge on any atom is -0.445 e. The van der Waals surface area contributed by atoms with Crippen molar-refractivity contribution in [2.24, 2.45) is 0 Å². The van der Waals surface area contributed by atoms with E-state index in [0.29, 0.717) is 6.07 Å². The Morgan fingerprint density at radius 1 is 1.15 bits per heavy atom. The third-order valence-corrected chi connectivity index (χ3v) is 1.58. The van der Waals surface area contributed by atoms with Crippen LogP contribution in [0.15, 0.2) is 6.07 Å². The van der Waals surface area contributed by atoms with Gasteiger partial charge in [-0.05, 0) is 6.07 Å². The Morgan fingerprint density at radius 3 is 2.08 bits per heavy atom. The van der Waals surface area contributed by atoms with Crippen LogP contribution in [0.2, 0.25) is 10.3 Å². The van der Waals surface area contributed by atoms with Crippen molar-refractivity contribution in [2.75, 3.05) is 0 Å². The maximum absolute atomic E-state index is 12.1. The molecular formula is C4HBCl2F3KN2. The molecule has 0 atom stereocenters. The molecule has 13 heavy (non-hydrogen) atoms. The van der Waals surface area contributed by atoms with Crippen LogP contribution in [0, 0.1) is 0 Å². The summed E-state index contributed by atoms with van der Waals surface area (Å²) in [7, 11) is 0. The molecule has 1 heterocycles. The van der Waals surface area contributed by atoms with E-state index >= 15 is 0 Å². The topological polar surface area (TPSA) is 25.8 Å². The molecule has 0 bridgehead atoms. The van der Waals surface area contributed by atoms with Crippen LogP contribution < -0.4 is 56.8 Å². The van der Waals surface area contributed by atoms with Gasteiger partial charge in [0.05, 0.1) is 0 Å². The van der Waals surface area contributed by atoms with Crippen molar-refractivity contribution < 1.29 is 64.3 Å². The van der Waals surface area contributed by atoms with Gasteiger partial charge in [0.25, 0.3) is 0 Å². The molecule has 0 amide bonds. The Morgan fingerprint density at radius 2 is 1.69 bits per heavy atom. The van der Waals surface area contributed by atoms with Gasteiger partial charge in [-0.1, -0.05) is 28.7 Å². The summed E-state index contributed by atoms with van der Waals surface area (Å²) in [5.41, 5.74) is -1.02. The molecule has 0 fully saturated rings. The predicted octanol–water partition coefficient (Wildman–Crippen LogP) is -1.16. The van der Waals surface area contributed by atoms with Crippen molar-refractivity contribution in [3.05, 3.63) is 16.4 Å². The van der Waals surface area contributed by atoms with Crippen molar-refractivity contribution in [3.63, 3.8) is 0 Å². The van der Waals surface area contributed by atoms with Gasteiger partial charge in [-0.3, -0.25) is 0 Å². The zero-order valence-electron chi connectivity index (χ0n) is 6.44. The van der Waals surface area contributed by atoms with Gasteiger partial charge >= 0.3 is 58.4 Å². The quantitative estimate of drug-likeness (QED) is 0.591. The second-order valence-electron chi connectivity index (χ2n) is 1.99. The second kappa shape index (κ2) is 5.29. The van der Waals surface area contributed by atoms with Crippen molar-refractivity contribution in [1.82, 2.24) is 10.2 Å². The minimum absolute atomic E-state index is 0. The van der Waals surface area contributed by atoms with Crippen LogP contribution in [0.5, 0.6) is 0 Å². The van der Waals surface area contributed by atoms with Gasteiger partial charge in [-0.2, -0.15) is 0 Å². The summed E-state index contributed by atoms with van der Waals surface area (Å²) < 4.78 is 36.2. The Balaban J connectivity index is 0.00000144. The zero-order chi connectivity index (χ0) is 9.35. The molecular weight excluding hydrogens is 254 g/mol. The average molecular weight is 255 g/mol. The van der Waals surface area contributed by atoms with Crippen molar-refractivity contribution in [1.29, 1.82) is 0 Å². The van der Waals surface area contributed by atoms with Gasteiger partial charge in [0.2, 0.25) is 0 Å². The third kappa shape index (κ3) is 4.03. The van der Waals surface area contributed by atoms with Crippen molar-refractivity contribution in [3.8, 4) is 0 Å². The fourth-order valence-electron chi connectivity index (χ4n) is 0.596. The monoisotopic (exact) mass is 254 g/mol. The molecule has 1 rings (SSSR count). The van der Waals surface area contributed by atoms with E-state index in [9.17, 15) is 12.9 Å². The SMILES string of the molecule is F[B-](F)(F)c1cc(Cl)nnc1Cl.[K+]. The molecule has 0 N–H and O–H groups in total. The Labute approximate surface area is 125 Å². The molecule has 0 saturated carbocycles. The van der Waals surface area contributed by atoms with Crippen LogP contribution in [0.4, 0.5) is 12.9 Å². The number of hydrogen-bond acceptors (Lipinski definition) is 2. The number of nitrogens with zero attached hydrogens (tertiary/aromatic N) is 2. The summed E-state index contributed by atoms with van der Waals surface area (Å²) in [4.78, 5) is 0. The molecule has 0 aromatic carbocycles. The molecule has 66 valence electrons. The van der Waals surface area contributed by atoms with Crippen LogP contribution in [0.3, 0.4) is 0 Å². The first-order valence-corrected chi connectivity index (χ1v) is 3.55. The van der Waals surface area contributed by atoms with Gasteiger partial charge < -0.3 is 12.9 Å². The summed E-state index contributed by atoms with van der Waals surface area (Å²) in [5, 5.41) is 5.17. The summed E-state index contributed by atoms with van der Waals surface area (Å²) >= 11 is 10.3. The molecule has 0 aliphatic rings. The zero-order valence-corrected chi connectivity index (χ0v) is 11.1. The van der Waals surface area contributed by atoms with Gasteiger partial charge in [0.1, 0.15) is 10.3 Å². The predicted molar refractivity (Wildman–Crippen MR) is 40.8 cm³/mol. The Bertz CT molecular complexity index is 308. The first-order chi connectivity index (χ1) is 5.41. The smallest absolute Gasteiger partial charge is 0.445 e. The first-order valence-electron chi connectivity index (χ1n) is 2.80. The van der Waals surface area contributed by atoms with Gasteiger partial charge in [0.15, 0.2) is 0 Å². The number of rotatable bonds is 1. The molecule has 0 radical (unpaired) electrons. The minimum atomic E-state index is -5.17. The largest absolute Gasteiger partial charge is 1.00 e. The van der Waals surface area contributed by atoms with Crippen LogP contribution in [-0.2, 0) is 0 Å². The van der Waals surface area contributed by atoms with E-state index in [-0.39, 0.29) is 56.5 Å². The number of aromatic nitrogens is 2. The molecule has 0 unspecified atom stereocenters. The van der Waals surface area contributed by atoms with Gasteiger partial charge in [-0.15, -0.1) is 10.2 Å². The van der Waals surface area contributed by atoms with Crippen LogP contribution in [0.1, 0.15) is 0 Å². The molecule has 9 heteroatoms. The van der Waals surface area contributed by atoms with E-state index in [1.165, 1.54) is 0 Å². The Kier molecular flexibility index (Phi) is 5.76. The summed E-state index contributed by atoms with van der Waals surface area (Å²) in [6, 6.07) is 0.650. The van der Waals surface area contributed by atoms with Gasteiger partial charge in [-0.25, -0.2) is 0 Å². The molecule has 1 aromatic rings. The van der Waals surface area contributed by atoms with Crippen molar-refractivity contribution in [2.45, 2.75) is 0 Å². The van der Waals surface area contributed by atoms with E-state index in [1.807, 2.05) is 0 Å². The standard InChI is InChI=1S/C4HBCl2F3N2.K/c6-3-1-2(5(8,9)10)4(7)12-11-3;/h1H;/q-1;+1. The van der Waals surface area contributed by atoms with E-state index in [4.69, 9.17) is 23.2 Å². The van der Waals surface area contributed by atoms with Crippen molar-refractivity contribution >= 4 is 35.6 Å². The van der Waals surface area contributed by atoms with Crippen LogP contribution >= 0.6 is 23.2 Å². The van der Waals surface area contributed by atoms with E-state index in [1.54, 1.807) is 0 Å². The maximum Gasteiger partial charge on any atom is 1.00 e. The second-order valence-corrected chi connectivity index (χ2v) is 2.73. The fraction of sp³-hybridized carbons (Fsp3) is 0. The Hall–Kier alpha value is 1.15. The molecule has 0 aliphatic heterocycles. The molecule has 0 spiro atoms.